The Labute approximate surface area is 114 Å². The molecule has 0 fully saturated rings. The number of rotatable bonds is 6. The molecule has 0 aliphatic rings. The number of ether oxygens (including phenoxy) is 1. The van der Waals surface area contributed by atoms with Gasteiger partial charge in [-0.05, 0) is 28.6 Å². The molecule has 0 saturated heterocycles. The lowest BCUT2D eigenvalue weighted by atomic mass is 10.2. The zero-order valence-electron chi connectivity index (χ0n) is 10.1. The second-order valence-electron chi connectivity index (χ2n) is 3.76. The van der Waals surface area contributed by atoms with Crippen molar-refractivity contribution in [1.82, 2.24) is 5.32 Å². The van der Waals surface area contributed by atoms with Crippen molar-refractivity contribution in [2.45, 2.75) is 19.4 Å². The Morgan fingerprint density at radius 2 is 2.22 bits per heavy atom. The number of methoxy groups -OCH3 is 1. The van der Waals surface area contributed by atoms with Crippen LogP contribution in [0.4, 0.5) is 4.39 Å². The molecule has 3 nitrogen and oxygen atoms in total. The number of hydrogen-bond donors (Lipinski definition) is 1. The lowest BCUT2D eigenvalue weighted by molar-refractivity contribution is -0.121. The van der Waals surface area contributed by atoms with Crippen molar-refractivity contribution in [3.63, 3.8) is 0 Å². The molecule has 0 unspecified atom stereocenters. The Bertz CT molecular complexity index is 449. The fourth-order valence-corrected chi connectivity index (χ4v) is 1.55. The molecule has 1 aromatic rings. The Morgan fingerprint density at radius 3 is 2.83 bits per heavy atom. The van der Waals surface area contributed by atoms with Crippen LogP contribution < -0.4 is 10.1 Å². The summed E-state index contributed by atoms with van der Waals surface area (Å²) in [5.41, 5.74) is 0.791. The molecule has 0 aliphatic heterocycles. The molecule has 0 saturated carbocycles. The fraction of sp³-hybridized carbons (Fsp3) is 0.308. The summed E-state index contributed by atoms with van der Waals surface area (Å²) in [6, 6.07) is 4.50. The van der Waals surface area contributed by atoms with Crippen molar-refractivity contribution in [3.05, 3.63) is 40.6 Å². The topological polar surface area (TPSA) is 38.3 Å². The van der Waals surface area contributed by atoms with E-state index >= 15 is 0 Å². The van der Waals surface area contributed by atoms with Gasteiger partial charge in [-0.1, -0.05) is 28.6 Å². The number of carbonyl (C=O) groups is 1. The molecule has 18 heavy (non-hydrogen) atoms. The molecule has 1 amide bonds. The van der Waals surface area contributed by atoms with E-state index in [1.165, 1.54) is 13.2 Å². The standard InChI is InChI=1S/C13H15BrFNO2/c1-9(14)3-6-13(17)16-8-10-4-5-11(15)12(7-10)18-2/h4-5,7H,1,3,6,8H2,2H3,(H,16,17). The largest absolute Gasteiger partial charge is 0.494 e. The van der Waals surface area contributed by atoms with E-state index in [9.17, 15) is 9.18 Å². The Morgan fingerprint density at radius 1 is 1.50 bits per heavy atom. The average molecular weight is 316 g/mol. The molecule has 1 N–H and O–H groups in total. The minimum atomic E-state index is -0.414. The summed E-state index contributed by atoms with van der Waals surface area (Å²) in [6.07, 6.45) is 0.973. The van der Waals surface area contributed by atoms with Gasteiger partial charge in [-0.3, -0.25) is 4.79 Å². The number of allylic oxidation sites excluding steroid dienone is 1. The lowest BCUT2D eigenvalue weighted by Gasteiger charge is -2.07. The number of amides is 1. The van der Waals surface area contributed by atoms with E-state index < -0.39 is 5.82 Å². The fourth-order valence-electron chi connectivity index (χ4n) is 1.35. The molecule has 1 aromatic carbocycles. The van der Waals surface area contributed by atoms with Crippen molar-refractivity contribution in [2.24, 2.45) is 0 Å². The number of benzene rings is 1. The highest BCUT2D eigenvalue weighted by Gasteiger charge is 2.05. The van der Waals surface area contributed by atoms with Crippen LogP contribution in [0.15, 0.2) is 29.3 Å². The van der Waals surface area contributed by atoms with E-state index in [4.69, 9.17) is 4.74 Å². The summed E-state index contributed by atoms with van der Waals surface area (Å²) in [5, 5.41) is 2.75. The summed E-state index contributed by atoms with van der Waals surface area (Å²) < 4.78 is 18.8. The number of halogens is 2. The third kappa shape index (κ3) is 4.87. The third-order valence-electron chi connectivity index (χ3n) is 2.33. The molecule has 0 atom stereocenters. The predicted molar refractivity (Wildman–Crippen MR) is 72.1 cm³/mol. The Balaban J connectivity index is 2.48. The van der Waals surface area contributed by atoms with Gasteiger partial charge in [0.15, 0.2) is 11.6 Å². The number of nitrogens with one attached hydrogen (secondary N) is 1. The van der Waals surface area contributed by atoms with Gasteiger partial charge in [0.05, 0.1) is 7.11 Å². The van der Waals surface area contributed by atoms with Gasteiger partial charge < -0.3 is 10.1 Å². The molecular weight excluding hydrogens is 301 g/mol. The molecule has 1 rings (SSSR count). The van der Waals surface area contributed by atoms with Gasteiger partial charge in [0, 0.05) is 13.0 Å². The van der Waals surface area contributed by atoms with E-state index in [0.29, 0.717) is 19.4 Å². The van der Waals surface area contributed by atoms with Gasteiger partial charge in [0.1, 0.15) is 0 Å². The van der Waals surface area contributed by atoms with Crippen LogP contribution in [0.25, 0.3) is 0 Å². The Kier molecular flexibility index (Phi) is 5.85. The van der Waals surface area contributed by atoms with Crippen LogP contribution in [0.3, 0.4) is 0 Å². The number of hydrogen-bond acceptors (Lipinski definition) is 2. The highest BCUT2D eigenvalue weighted by molar-refractivity contribution is 9.11. The van der Waals surface area contributed by atoms with Gasteiger partial charge in [-0.25, -0.2) is 4.39 Å². The van der Waals surface area contributed by atoms with E-state index in [0.717, 1.165) is 10.0 Å². The summed E-state index contributed by atoms with van der Waals surface area (Å²) >= 11 is 3.19. The van der Waals surface area contributed by atoms with Crippen LogP contribution in [0.5, 0.6) is 5.75 Å². The SMILES string of the molecule is C=C(Br)CCC(=O)NCc1ccc(F)c(OC)c1. The normalized spacial score (nSPS) is 9.94. The molecular formula is C13H15BrFNO2. The van der Waals surface area contributed by atoms with Crippen molar-refractivity contribution < 1.29 is 13.9 Å². The maximum atomic E-state index is 13.2. The average Bonchev–Trinajstić information content (AvgIpc) is 2.35. The highest BCUT2D eigenvalue weighted by atomic mass is 79.9. The molecule has 98 valence electrons. The zero-order valence-corrected chi connectivity index (χ0v) is 11.7. The van der Waals surface area contributed by atoms with Crippen LogP contribution in [0.1, 0.15) is 18.4 Å². The Hall–Kier alpha value is -1.36. The van der Waals surface area contributed by atoms with Crippen molar-refractivity contribution in [3.8, 4) is 5.75 Å². The van der Waals surface area contributed by atoms with E-state index in [2.05, 4.69) is 27.8 Å². The first-order valence-corrected chi connectivity index (χ1v) is 6.24. The van der Waals surface area contributed by atoms with Crippen LogP contribution >= 0.6 is 15.9 Å². The zero-order chi connectivity index (χ0) is 13.5. The summed E-state index contributed by atoms with van der Waals surface area (Å²) in [7, 11) is 1.41. The van der Waals surface area contributed by atoms with E-state index in [-0.39, 0.29) is 11.7 Å². The molecule has 0 aromatic heterocycles. The van der Waals surface area contributed by atoms with Crippen LogP contribution in [0, 0.1) is 5.82 Å². The van der Waals surface area contributed by atoms with Crippen molar-refractivity contribution in [2.75, 3.05) is 7.11 Å². The maximum Gasteiger partial charge on any atom is 0.220 e. The molecule has 0 heterocycles. The van der Waals surface area contributed by atoms with Crippen LogP contribution in [-0.2, 0) is 11.3 Å². The summed E-state index contributed by atoms with van der Waals surface area (Å²) in [4.78, 5) is 11.5. The molecule has 0 spiro atoms. The third-order valence-corrected chi connectivity index (χ3v) is 2.73. The minimum Gasteiger partial charge on any atom is -0.494 e. The monoisotopic (exact) mass is 315 g/mol. The summed E-state index contributed by atoms with van der Waals surface area (Å²) in [5.74, 6) is -0.308. The first kappa shape index (κ1) is 14.7. The molecule has 0 bridgehead atoms. The van der Waals surface area contributed by atoms with Gasteiger partial charge in [-0.2, -0.15) is 0 Å². The van der Waals surface area contributed by atoms with Crippen molar-refractivity contribution in [1.29, 1.82) is 0 Å². The smallest absolute Gasteiger partial charge is 0.220 e. The highest BCUT2D eigenvalue weighted by Crippen LogP contribution is 2.18. The van der Waals surface area contributed by atoms with Crippen molar-refractivity contribution >= 4 is 21.8 Å². The molecule has 0 radical (unpaired) electrons. The second-order valence-corrected chi connectivity index (χ2v) is 4.88. The predicted octanol–water partition coefficient (Wildman–Crippen LogP) is 3.14. The lowest BCUT2D eigenvalue weighted by Crippen LogP contribution is -2.22. The minimum absolute atomic E-state index is 0.0705. The van der Waals surface area contributed by atoms with Gasteiger partial charge >= 0.3 is 0 Å². The van der Waals surface area contributed by atoms with E-state index in [1.54, 1.807) is 12.1 Å². The van der Waals surface area contributed by atoms with Crippen LogP contribution in [0.2, 0.25) is 0 Å². The number of carbonyl (C=O) groups excluding carboxylic acids is 1. The second kappa shape index (κ2) is 7.16. The quantitative estimate of drug-likeness (QED) is 0.875. The van der Waals surface area contributed by atoms with Gasteiger partial charge in [0.25, 0.3) is 0 Å². The summed E-state index contributed by atoms with van der Waals surface area (Å²) in [6.45, 7) is 4.01. The maximum absolute atomic E-state index is 13.2. The van der Waals surface area contributed by atoms with Crippen LogP contribution in [-0.4, -0.2) is 13.0 Å². The van der Waals surface area contributed by atoms with E-state index in [1.807, 2.05) is 0 Å². The molecule has 0 aliphatic carbocycles. The van der Waals surface area contributed by atoms with Gasteiger partial charge in [-0.15, -0.1) is 0 Å². The van der Waals surface area contributed by atoms with Gasteiger partial charge in [0.2, 0.25) is 5.91 Å². The molecule has 5 heteroatoms. The first-order valence-electron chi connectivity index (χ1n) is 5.45. The first-order chi connectivity index (χ1) is 8.52.